The monoisotopic (exact) mass is 352 g/mol. The molecule has 104 valence electrons. The summed E-state index contributed by atoms with van der Waals surface area (Å²) in [6.45, 7) is 1.37. The Labute approximate surface area is 131 Å². The maximum atomic E-state index is 6.59. The third kappa shape index (κ3) is 2.79. The summed E-state index contributed by atoms with van der Waals surface area (Å²) in [5.74, 6) is 1.57. The molecule has 0 N–H and O–H groups in total. The molecule has 4 heteroatoms. The highest BCUT2D eigenvalue weighted by Gasteiger charge is 2.17. The minimum atomic E-state index is -0.220. The van der Waals surface area contributed by atoms with E-state index in [0.29, 0.717) is 13.2 Å². The van der Waals surface area contributed by atoms with Crippen molar-refractivity contribution in [1.82, 2.24) is 0 Å². The second-order valence-electron chi connectivity index (χ2n) is 4.64. The van der Waals surface area contributed by atoms with Gasteiger partial charge in [0.25, 0.3) is 0 Å². The molecule has 1 unspecified atom stereocenters. The molecule has 1 aliphatic heterocycles. The second-order valence-corrected chi connectivity index (χ2v) is 5.93. The van der Waals surface area contributed by atoms with Gasteiger partial charge in [0, 0.05) is 10.9 Å². The molecule has 0 radical (unpaired) electrons. The van der Waals surface area contributed by atoms with Crippen LogP contribution in [0.3, 0.4) is 0 Å². The van der Waals surface area contributed by atoms with Crippen molar-refractivity contribution in [3.05, 3.63) is 58.1 Å². The smallest absolute Gasteiger partial charge is 0.161 e. The molecule has 2 aromatic rings. The third-order valence-corrected chi connectivity index (χ3v) is 4.45. The number of rotatable bonds is 2. The molecule has 1 heterocycles. The predicted molar refractivity (Wildman–Crippen MR) is 83.9 cm³/mol. The maximum absolute atomic E-state index is 6.59. The molecule has 0 aromatic heterocycles. The Kier molecular flexibility index (Phi) is 4.18. The van der Waals surface area contributed by atoms with Crippen molar-refractivity contribution in [2.75, 3.05) is 13.2 Å². The van der Waals surface area contributed by atoms with E-state index >= 15 is 0 Å². The van der Waals surface area contributed by atoms with Crippen LogP contribution in [0.2, 0.25) is 0 Å². The van der Waals surface area contributed by atoms with Gasteiger partial charge in [-0.05, 0) is 29.3 Å². The summed E-state index contributed by atoms with van der Waals surface area (Å²) < 4.78 is 12.4. The van der Waals surface area contributed by atoms with Crippen LogP contribution in [0.25, 0.3) is 0 Å². The van der Waals surface area contributed by atoms with Crippen LogP contribution in [0.4, 0.5) is 0 Å². The van der Waals surface area contributed by atoms with Crippen molar-refractivity contribution in [2.45, 2.75) is 11.8 Å². The van der Waals surface area contributed by atoms with Gasteiger partial charge in [0.05, 0.1) is 18.6 Å². The van der Waals surface area contributed by atoms with Gasteiger partial charge >= 0.3 is 0 Å². The molecule has 1 atom stereocenters. The lowest BCUT2D eigenvalue weighted by molar-refractivity contribution is 0.297. The van der Waals surface area contributed by atoms with Crippen LogP contribution >= 0.6 is 27.5 Å². The SMILES string of the molecule is ClC(c1ccc2c(c1)OCCCO2)c1ccccc1Br. The fourth-order valence-corrected chi connectivity index (χ4v) is 3.17. The number of alkyl halides is 1. The fraction of sp³-hybridized carbons (Fsp3) is 0.250. The molecule has 0 aliphatic carbocycles. The average Bonchev–Trinajstić information content (AvgIpc) is 2.71. The molecular formula is C16H14BrClO2. The average molecular weight is 354 g/mol. The van der Waals surface area contributed by atoms with Crippen molar-refractivity contribution in [3.8, 4) is 11.5 Å². The van der Waals surface area contributed by atoms with E-state index < -0.39 is 0 Å². The zero-order valence-electron chi connectivity index (χ0n) is 10.8. The lowest BCUT2D eigenvalue weighted by atomic mass is 10.0. The van der Waals surface area contributed by atoms with E-state index in [0.717, 1.165) is 33.5 Å². The molecule has 0 amide bonds. The third-order valence-electron chi connectivity index (χ3n) is 3.24. The topological polar surface area (TPSA) is 18.5 Å². The molecule has 20 heavy (non-hydrogen) atoms. The highest BCUT2D eigenvalue weighted by atomic mass is 79.9. The van der Waals surface area contributed by atoms with Crippen LogP contribution in [0.1, 0.15) is 22.9 Å². The number of halogens is 2. The number of fused-ring (bicyclic) bond motifs is 1. The van der Waals surface area contributed by atoms with Crippen molar-refractivity contribution < 1.29 is 9.47 Å². The fourth-order valence-electron chi connectivity index (χ4n) is 2.20. The Balaban J connectivity index is 1.94. The Hall–Kier alpha value is -1.19. The maximum Gasteiger partial charge on any atom is 0.161 e. The lowest BCUT2D eigenvalue weighted by Crippen LogP contribution is -1.98. The van der Waals surface area contributed by atoms with Crippen LogP contribution in [0.15, 0.2) is 46.9 Å². The molecule has 2 aromatic carbocycles. The molecule has 0 saturated carbocycles. The van der Waals surface area contributed by atoms with Crippen LogP contribution in [0.5, 0.6) is 11.5 Å². The quantitative estimate of drug-likeness (QED) is 0.712. The summed E-state index contributed by atoms with van der Waals surface area (Å²) in [5, 5.41) is -0.220. The van der Waals surface area contributed by atoms with E-state index in [1.807, 2.05) is 42.5 Å². The van der Waals surface area contributed by atoms with Gasteiger partial charge in [0.2, 0.25) is 0 Å². The number of ether oxygens (including phenoxy) is 2. The molecule has 0 fully saturated rings. The van der Waals surface area contributed by atoms with Crippen LogP contribution in [-0.4, -0.2) is 13.2 Å². The summed E-state index contributed by atoms with van der Waals surface area (Å²) in [5.41, 5.74) is 2.05. The van der Waals surface area contributed by atoms with Gasteiger partial charge in [-0.3, -0.25) is 0 Å². The second kappa shape index (κ2) is 6.06. The predicted octanol–water partition coefficient (Wildman–Crippen LogP) is 4.94. The van der Waals surface area contributed by atoms with Crippen LogP contribution in [0, 0.1) is 0 Å². The van der Waals surface area contributed by atoms with Gasteiger partial charge in [-0.1, -0.05) is 40.2 Å². The highest BCUT2D eigenvalue weighted by molar-refractivity contribution is 9.10. The Morgan fingerprint density at radius 2 is 1.75 bits per heavy atom. The first kappa shape index (κ1) is 13.8. The molecule has 3 rings (SSSR count). The number of hydrogen-bond acceptors (Lipinski definition) is 2. The molecule has 2 nitrogen and oxygen atoms in total. The minimum absolute atomic E-state index is 0.220. The zero-order chi connectivity index (χ0) is 13.9. The van der Waals surface area contributed by atoms with Crippen molar-refractivity contribution in [1.29, 1.82) is 0 Å². The summed E-state index contributed by atoms with van der Waals surface area (Å²) in [6.07, 6.45) is 0.901. The molecule has 0 bridgehead atoms. The lowest BCUT2D eigenvalue weighted by Gasteiger charge is -2.15. The van der Waals surface area contributed by atoms with Gasteiger partial charge in [0.1, 0.15) is 0 Å². The normalized spacial score (nSPS) is 15.5. The number of benzene rings is 2. The van der Waals surface area contributed by atoms with Crippen LogP contribution in [-0.2, 0) is 0 Å². The molecule has 0 saturated heterocycles. The van der Waals surface area contributed by atoms with Gasteiger partial charge in [-0.25, -0.2) is 0 Å². The van der Waals surface area contributed by atoms with E-state index in [-0.39, 0.29) is 5.38 Å². The van der Waals surface area contributed by atoms with Gasteiger partial charge < -0.3 is 9.47 Å². The first-order valence-corrected chi connectivity index (χ1v) is 7.76. The van der Waals surface area contributed by atoms with Gasteiger partial charge in [0.15, 0.2) is 11.5 Å². The van der Waals surface area contributed by atoms with E-state index in [1.165, 1.54) is 0 Å². The summed E-state index contributed by atoms with van der Waals surface area (Å²) in [7, 11) is 0. The van der Waals surface area contributed by atoms with Crippen molar-refractivity contribution in [2.24, 2.45) is 0 Å². The minimum Gasteiger partial charge on any atom is -0.490 e. The highest BCUT2D eigenvalue weighted by Crippen LogP contribution is 2.38. The van der Waals surface area contributed by atoms with E-state index in [1.54, 1.807) is 0 Å². The first-order chi connectivity index (χ1) is 9.75. The van der Waals surface area contributed by atoms with E-state index in [4.69, 9.17) is 21.1 Å². The number of hydrogen-bond donors (Lipinski definition) is 0. The Morgan fingerprint density at radius 3 is 2.55 bits per heavy atom. The first-order valence-electron chi connectivity index (χ1n) is 6.54. The summed E-state index contributed by atoms with van der Waals surface area (Å²) in [6, 6.07) is 13.9. The Morgan fingerprint density at radius 1 is 1.00 bits per heavy atom. The Bertz CT molecular complexity index is 615. The van der Waals surface area contributed by atoms with Crippen molar-refractivity contribution >= 4 is 27.5 Å². The van der Waals surface area contributed by atoms with Gasteiger partial charge in [-0.2, -0.15) is 0 Å². The molecule has 0 spiro atoms. The molecular weight excluding hydrogens is 340 g/mol. The zero-order valence-corrected chi connectivity index (χ0v) is 13.2. The van der Waals surface area contributed by atoms with Gasteiger partial charge in [-0.15, -0.1) is 11.6 Å². The van der Waals surface area contributed by atoms with Crippen molar-refractivity contribution in [3.63, 3.8) is 0 Å². The molecule has 1 aliphatic rings. The van der Waals surface area contributed by atoms with Crippen LogP contribution < -0.4 is 9.47 Å². The largest absolute Gasteiger partial charge is 0.490 e. The van der Waals surface area contributed by atoms with E-state index in [2.05, 4.69) is 15.9 Å². The summed E-state index contributed by atoms with van der Waals surface area (Å²) in [4.78, 5) is 0. The van der Waals surface area contributed by atoms with E-state index in [9.17, 15) is 0 Å². The standard InChI is InChI=1S/C16H14BrClO2/c17-13-5-2-1-4-12(13)16(18)11-6-7-14-15(10-11)20-9-3-8-19-14/h1-2,4-7,10,16H,3,8-9H2. The summed E-state index contributed by atoms with van der Waals surface area (Å²) >= 11 is 10.1.